The average Bonchev–Trinajstić information content (AvgIpc) is 2.59. The van der Waals surface area contributed by atoms with E-state index >= 15 is 0 Å². The predicted octanol–water partition coefficient (Wildman–Crippen LogP) is 0.0324. The molecule has 25 heavy (non-hydrogen) atoms. The zero-order chi connectivity index (χ0) is 18.7. The molecule has 0 aliphatic rings. The third kappa shape index (κ3) is 7.30. The average molecular weight is 348 g/mol. The summed E-state index contributed by atoms with van der Waals surface area (Å²) >= 11 is 0. The fourth-order valence-electron chi connectivity index (χ4n) is 2.04. The largest absolute Gasteiger partial charge is 0.481 e. The van der Waals surface area contributed by atoms with Crippen molar-refractivity contribution in [3.05, 3.63) is 48.6 Å². The van der Waals surface area contributed by atoms with Crippen molar-refractivity contribution < 1.29 is 29.0 Å². The SMILES string of the molecule is C=CCOC(=O)[C@H](Cc1ccccc1)NC(=O)[C@H](CC(=O)O)NC=O. The lowest BCUT2D eigenvalue weighted by Gasteiger charge is -2.20. The molecule has 8 heteroatoms. The maximum atomic E-state index is 12.2. The molecule has 0 saturated heterocycles. The Balaban J connectivity index is 2.87. The minimum atomic E-state index is -1.29. The van der Waals surface area contributed by atoms with Gasteiger partial charge in [0.2, 0.25) is 12.3 Å². The highest BCUT2D eigenvalue weighted by atomic mass is 16.5. The summed E-state index contributed by atoms with van der Waals surface area (Å²) in [6.45, 7) is 3.42. The monoisotopic (exact) mass is 348 g/mol. The molecule has 0 aliphatic carbocycles. The number of benzene rings is 1. The molecule has 8 nitrogen and oxygen atoms in total. The predicted molar refractivity (Wildman–Crippen MR) is 88.5 cm³/mol. The van der Waals surface area contributed by atoms with Gasteiger partial charge in [-0.3, -0.25) is 14.4 Å². The van der Waals surface area contributed by atoms with E-state index in [1.807, 2.05) is 6.07 Å². The number of carbonyl (C=O) groups is 4. The number of hydrogen-bond acceptors (Lipinski definition) is 5. The summed E-state index contributed by atoms with van der Waals surface area (Å²) < 4.78 is 4.97. The molecule has 134 valence electrons. The highest BCUT2D eigenvalue weighted by molar-refractivity contribution is 5.91. The number of rotatable bonds is 11. The first-order chi connectivity index (χ1) is 12.0. The summed E-state index contributed by atoms with van der Waals surface area (Å²) in [5.74, 6) is -2.73. The molecule has 1 aromatic rings. The van der Waals surface area contributed by atoms with E-state index in [4.69, 9.17) is 9.84 Å². The maximum absolute atomic E-state index is 12.2. The van der Waals surface area contributed by atoms with Crippen LogP contribution in [0.15, 0.2) is 43.0 Å². The summed E-state index contributed by atoms with van der Waals surface area (Å²) in [5.41, 5.74) is 0.779. The molecular weight excluding hydrogens is 328 g/mol. The van der Waals surface area contributed by atoms with E-state index in [1.165, 1.54) is 6.08 Å². The molecule has 0 radical (unpaired) electrons. The van der Waals surface area contributed by atoms with Crippen molar-refractivity contribution in [3.8, 4) is 0 Å². The van der Waals surface area contributed by atoms with Gasteiger partial charge >= 0.3 is 11.9 Å². The highest BCUT2D eigenvalue weighted by Crippen LogP contribution is 2.06. The van der Waals surface area contributed by atoms with Crippen LogP contribution in [0.25, 0.3) is 0 Å². The van der Waals surface area contributed by atoms with Crippen molar-refractivity contribution in [3.63, 3.8) is 0 Å². The van der Waals surface area contributed by atoms with Crippen LogP contribution in [0, 0.1) is 0 Å². The number of hydrogen-bond donors (Lipinski definition) is 3. The minimum Gasteiger partial charge on any atom is -0.481 e. The normalized spacial score (nSPS) is 12.3. The van der Waals surface area contributed by atoms with E-state index in [0.717, 1.165) is 5.56 Å². The second-order valence-corrected chi connectivity index (χ2v) is 5.10. The van der Waals surface area contributed by atoms with Crippen molar-refractivity contribution in [2.75, 3.05) is 6.61 Å². The summed E-state index contributed by atoms with van der Waals surface area (Å²) in [7, 11) is 0. The lowest BCUT2D eigenvalue weighted by atomic mass is 10.1. The van der Waals surface area contributed by atoms with Crippen molar-refractivity contribution in [1.29, 1.82) is 0 Å². The topological polar surface area (TPSA) is 122 Å². The molecule has 1 aromatic carbocycles. The maximum Gasteiger partial charge on any atom is 0.329 e. The van der Waals surface area contributed by atoms with Gasteiger partial charge in [-0.25, -0.2) is 4.79 Å². The van der Waals surface area contributed by atoms with Crippen molar-refractivity contribution in [1.82, 2.24) is 10.6 Å². The molecule has 0 aliphatic heterocycles. The van der Waals surface area contributed by atoms with Crippen LogP contribution >= 0.6 is 0 Å². The lowest BCUT2D eigenvalue weighted by Crippen LogP contribution is -2.51. The first kappa shape index (κ1) is 19.9. The van der Waals surface area contributed by atoms with Gasteiger partial charge in [-0.05, 0) is 5.56 Å². The van der Waals surface area contributed by atoms with Gasteiger partial charge in [0.1, 0.15) is 18.7 Å². The van der Waals surface area contributed by atoms with E-state index in [-0.39, 0.29) is 19.4 Å². The smallest absolute Gasteiger partial charge is 0.329 e. The number of aliphatic carboxylic acids is 1. The van der Waals surface area contributed by atoms with Crippen LogP contribution < -0.4 is 10.6 Å². The molecule has 1 rings (SSSR count). The van der Waals surface area contributed by atoms with Crippen LogP contribution in [-0.4, -0.2) is 48.1 Å². The number of carboxylic acids is 1. The fraction of sp³-hybridized carbons (Fsp3) is 0.294. The molecule has 2 amide bonds. The van der Waals surface area contributed by atoms with E-state index in [0.29, 0.717) is 0 Å². The Bertz CT molecular complexity index is 617. The highest BCUT2D eigenvalue weighted by Gasteiger charge is 2.28. The number of nitrogens with one attached hydrogen (secondary N) is 2. The van der Waals surface area contributed by atoms with Gasteiger partial charge in [0, 0.05) is 6.42 Å². The van der Waals surface area contributed by atoms with Gasteiger partial charge in [-0.1, -0.05) is 43.0 Å². The third-order valence-corrected chi connectivity index (χ3v) is 3.19. The Morgan fingerprint density at radius 1 is 1.20 bits per heavy atom. The van der Waals surface area contributed by atoms with Crippen molar-refractivity contribution in [2.45, 2.75) is 24.9 Å². The number of carboxylic acid groups (broad SMARTS) is 1. The van der Waals surface area contributed by atoms with Crippen LogP contribution in [0.3, 0.4) is 0 Å². The number of amides is 2. The Morgan fingerprint density at radius 3 is 2.44 bits per heavy atom. The van der Waals surface area contributed by atoms with Gasteiger partial charge in [-0.15, -0.1) is 0 Å². The first-order valence-electron chi connectivity index (χ1n) is 7.51. The van der Waals surface area contributed by atoms with E-state index < -0.39 is 36.4 Å². The van der Waals surface area contributed by atoms with Gasteiger partial charge in [0.05, 0.1) is 6.42 Å². The van der Waals surface area contributed by atoms with Gasteiger partial charge in [0.15, 0.2) is 0 Å². The zero-order valence-corrected chi connectivity index (χ0v) is 13.5. The van der Waals surface area contributed by atoms with Crippen LogP contribution in [-0.2, 0) is 30.3 Å². The third-order valence-electron chi connectivity index (χ3n) is 3.19. The molecule has 3 N–H and O–H groups in total. The first-order valence-corrected chi connectivity index (χ1v) is 7.51. The molecule has 0 heterocycles. The van der Waals surface area contributed by atoms with Crippen LogP contribution in [0.2, 0.25) is 0 Å². The van der Waals surface area contributed by atoms with Gasteiger partial charge in [-0.2, -0.15) is 0 Å². The standard InChI is InChI=1S/C17H20N2O6/c1-2-8-25-17(24)14(9-12-6-4-3-5-7-12)19-16(23)13(18-11-20)10-15(21)22/h2-7,11,13-14H,1,8-10H2,(H,18,20)(H,19,23)(H,21,22)/t13-,14-/m0/s1. The van der Waals surface area contributed by atoms with Crippen molar-refractivity contribution in [2.24, 2.45) is 0 Å². The molecule has 2 atom stereocenters. The van der Waals surface area contributed by atoms with E-state index in [2.05, 4.69) is 17.2 Å². The van der Waals surface area contributed by atoms with E-state index in [9.17, 15) is 19.2 Å². The Kier molecular flexibility index (Phi) is 8.42. The summed E-state index contributed by atoms with van der Waals surface area (Å²) in [4.78, 5) is 45.7. The molecule has 0 unspecified atom stereocenters. The second-order valence-electron chi connectivity index (χ2n) is 5.10. The minimum absolute atomic E-state index is 0.0227. The van der Waals surface area contributed by atoms with E-state index in [1.54, 1.807) is 24.3 Å². The fourth-order valence-corrected chi connectivity index (χ4v) is 2.04. The molecule has 0 saturated carbocycles. The Morgan fingerprint density at radius 2 is 1.88 bits per heavy atom. The number of carbonyl (C=O) groups excluding carboxylic acids is 3. The van der Waals surface area contributed by atoms with Crippen LogP contribution in [0.1, 0.15) is 12.0 Å². The Hall–Kier alpha value is -3.16. The molecular formula is C17H20N2O6. The summed E-state index contributed by atoms with van der Waals surface area (Å²) in [6.07, 6.45) is 1.17. The van der Waals surface area contributed by atoms with Crippen LogP contribution in [0.5, 0.6) is 0 Å². The molecule has 0 fully saturated rings. The second kappa shape index (κ2) is 10.6. The quantitative estimate of drug-likeness (QED) is 0.295. The van der Waals surface area contributed by atoms with Crippen LogP contribution in [0.4, 0.5) is 0 Å². The van der Waals surface area contributed by atoms with Gasteiger partial charge < -0.3 is 20.5 Å². The lowest BCUT2D eigenvalue weighted by molar-refractivity contribution is -0.147. The molecule has 0 spiro atoms. The molecule has 0 aromatic heterocycles. The van der Waals surface area contributed by atoms with Crippen molar-refractivity contribution >= 4 is 24.3 Å². The summed E-state index contributed by atoms with van der Waals surface area (Å²) in [6, 6.07) is 6.61. The summed E-state index contributed by atoms with van der Waals surface area (Å²) in [5, 5.41) is 13.4. The number of esters is 1. The number of ether oxygens (including phenoxy) is 1. The molecule has 0 bridgehead atoms. The Labute approximate surface area is 144 Å². The zero-order valence-electron chi connectivity index (χ0n) is 13.5. The van der Waals surface area contributed by atoms with Gasteiger partial charge in [0.25, 0.3) is 0 Å².